The van der Waals surface area contributed by atoms with Crippen LogP contribution >= 0.6 is 0 Å². The van der Waals surface area contributed by atoms with Crippen LogP contribution in [0.25, 0.3) is 11.3 Å². The molecule has 2 aromatic rings. The first kappa shape index (κ1) is 13.7. The van der Waals surface area contributed by atoms with Gasteiger partial charge in [-0.15, -0.1) is 0 Å². The van der Waals surface area contributed by atoms with Crippen molar-refractivity contribution in [1.82, 2.24) is 4.98 Å². The number of benzene rings is 1. The minimum atomic E-state index is -1.03. The van der Waals surface area contributed by atoms with E-state index in [1.54, 1.807) is 12.1 Å². The van der Waals surface area contributed by atoms with Gasteiger partial charge in [-0.1, -0.05) is 6.92 Å². The fraction of sp³-hybridized carbons (Fsp3) is 0.250. The monoisotopic (exact) mass is 289 g/mol. The lowest BCUT2D eigenvalue weighted by Gasteiger charge is -2.19. The number of halogens is 2. The first-order valence-electron chi connectivity index (χ1n) is 6.70. The molecule has 1 aromatic heterocycles. The minimum absolute atomic E-state index is 0.0197. The lowest BCUT2D eigenvalue weighted by Crippen LogP contribution is -2.21. The highest BCUT2D eigenvalue weighted by Crippen LogP contribution is 2.30. The van der Waals surface area contributed by atoms with E-state index in [4.69, 9.17) is 5.11 Å². The van der Waals surface area contributed by atoms with Crippen LogP contribution in [-0.2, 0) is 6.42 Å². The van der Waals surface area contributed by atoms with E-state index in [9.17, 15) is 13.6 Å². The van der Waals surface area contributed by atoms with Crippen LogP contribution in [0.4, 0.5) is 8.78 Å². The number of ketones is 1. The van der Waals surface area contributed by atoms with Crippen molar-refractivity contribution in [1.29, 1.82) is 0 Å². The Balaban J connectivity index is 2.07. The highest BCUT2D eigenvalue weighted by Gasteiger charge is 2.25. The Labute approximate surface area is 120 Å². The summed E-state index contributed by atoms with van der Waals surface area (Å²) in [5.74, 6) is -3.03. The van der Waals surface area contributed by atoms with Gasteiger partial charge in [0.15, 0.2) is 23.2 Å². The van der Waals surface area contributed by atoms with E-state index < -0.39 is 17.4 Å². The van der Waals surface area contributed by atoms with Crippen LogP contribution in [0.15, 0.2) is 24.3 Å². The zero-order valence-electron chi connectivity index (χ0n) is 11.4. The van der Waals surface area contributed by atoms with Crippen LogP contribution in [0.3, 0.4) is 0 Å². The molecule has 0 aliphatic heterocycles. The number of phenolic OH excluding ortho intramolecular Hbond substituents is 1. The number of rotatable bonds is 1. The number of carbonyl (C=O) groups is 1. The first-order valence-corrected chi connectivity index (χ1v) is 6.70. The lowest BCUT2D eigenvalue weighted by atomic mass is 9.86. The number of aromatic nitrogens is 1. The average molecular weight is 289 g/mol. The van der Waals surface area contributed by atoms with E-state index in [1.165, 1.54) is 0 Å². The third-order valence-corrected chi connectivity index (χ3v) is 3.81. The Morgan fingerprint density at radius 3 is 2.57 bits per heavy atom. The summed E-state index contributed by atoms with van der Waals surface area (Å²) < 4.78 is 26.8. The maximum absolute atomic E-state index is 13.4. The van der Waals surface area contributed by atoms with E-state index in [-0.39, 0.29) is 17.3 Å². The van der Waals surface area contributed by atoms with Gasteiger partial charge in [-0.3, -0.25) is 9.78 Å². The molecule has 1 atom stereocenters. The summed E-state index contributed by atoms with van der Waals surface area (Å²) in [4.78, 5) is 16.4. The van der Waals surface area contributed by atoms with Gasteiger partial charge in [0, 0.05) is 17.0 Å². The Morgan fingerprint density at radius 2 is 1.90 bits per heavy atom. The van der Waals surface area contributed by atoms with Gasteiger partial charge in [-0.25, -0.2) is 8.78 Å². The van der Waals surface area contributed by atoms with Crippen LogP contribution in [0, 0.1) is 17.6 Å². The molecule has 1 heterocycles. The number of hydrogen-bond donors (Lipinski definition) is 1. The summed E-state index contributed by atoms with van der Waals surface area (Å²) in [7, 11) is 0. The molecule has 1 N–H and O–H groups in total. The van der Waals surface area contributed by atoms with Crippen molar-refractivity contribution in [3.05, 3.63) is 47.2 Å². The Kier molecular flexibility index (Phi) is 3.20. The fourth-order valence-corrected chi connectivity index (χ4v) is 2.54. The van der Waals surface area contributed by atoms with Crippen molar-refractivity contribution in [2.45, 2.75) is 19.8 Å². The predicted octanol–water partition coefficient (Wildman–Crippen LogP) is 3.50. The van der Waals surface area contributed by atoms with E-state index in [0.29, 0.717) is 23.4 Å². The highest BCUT2D eigenvalue weighted by atomic mass is 19.1. The summed E-state index contributed by atoms with van der Waals surface area (Å²) in [6.07, 6.45) is 1.39. The van der Waals surface area contributed by atoms with Crippen molar-refractivity contribution < 1.29 is 18.7 Å². The second-order valence-electron chi connectivity index (χ2n) is 5.28. The summed E-state index contributed by atoms with van der Waals surface area (Å²) >= 11 is 0. The summed E-state index contributed by atoms with van der Waals surface area (Å²) in [6, 6.07) is 5.28. The number of carbonyl (C=O) groups excluding carboxylic acids is 1. The van der Waals surface area contributed by atoms with Crippen LogP contribution in [0.5, 0.6) is 5.75 Å². The second-order valence-corrected chi connectivity index (χ2v) is 5.28. The van der Waals surface area contributed by atoms with Gasteiger partial charge in [0.2, 0.25) is 0 Å². The number of fused-ring (bicyclic) bond motifs is 1. The van der Waals surface area contributed by atoms with Gasteiger partial charge in [-0.2, -0.15) is 0 Å². The third kappa shape index (κ3) is 2.28. The van der Waals surface area contributed by atoms with Crippen molar-refractivity contribution in [2.24, 2.45) is 5.92 Å². The smallest absolute Gasteiger partial charge is 0.187 e. The van der Waals surface area contributed by atoms with Crippen LogP contribution in [0.1, 0.15) is 29.4 Å². The molecule has 0 saturated carbocycles. The molecule has 108 valence electrons. The Bertz CT molecular complexity index is 720. The number of aromatic hydroxyl groups is 1. The number of nitrogens with zero attached hydrogens (tertiary/aromatic N) is 1. The van der Waals surface area contributed by atoms with Crippen LogP contribution in [0.2, 0.25) is 0 Å². The molecule has 1 aliphatic carbocycles. The molecular formula is C16H13F2NO2. The molecule has 1 aliphatic rings. The fourth-order valence-electron chi connectivity index (χ4n) is 2.54. The molecule has 0 spiro atoms. The topological polar surface area (TPSA) is 50.2 Å². The van der Waals surface area contributed by atoms with Gasteiger partial charge >= 0.3 is 0 Å². The molecule has 1 unspecified atom stereocenters. The van der Waals surface area contributed by atoms with Crippen molar-refractivity contribution in [3.63, 3.8) is 0 Å². The molecule has 21 heavy (non-hydrogen) atoms. The average Bonchev–Trinajstić information content (AvgIpc) is 2.48. The number of hydrogen-bond acceptors (Lipinski definition) is 3. The zero-order chi connectivity index (χ0) is 15.1. The number of aryl methyl sites for hydroxylation is 1. The van der Waals surface area contributed by atoms with Crippen molar-refractivity contribution in [2.75, 3.05) is 0 Å². The second kappa shape index (κ2) is 4.91. The molecule has 0 bridgehead atoms. The maximum atomic E-state index is 13.4. The normalized spacial score (nSPS) is 17.7. The van der Waals surface area contributed by atoms with Crippen molar-refractivity contribution in [3.8, 4) is 17.0 Å². The van der Waals surface area contributed by atoms with E-state index in [0.717, 1.165) is 18.6 Å². The molecule has 3 nitrogen and oxygen atoms in total. The third-order valence-electron chi connectivity index (χ3n) is 3.81. The zero-order valence-corrected chi connectivity index (χ0v) is 11.4. The Hall–Kier alpha value is -2.30. The molecular weight excluding hydrogens is 276 g/mol. The summed E-state index contributed by atoms with van der Waals surface area (Å²) in [6.45, 7) is 1.88. The molecule has 0 fully saturated rings. The van der Waals surface area contributed by atoms with Gasteiger partial charge in [0.05, 0.1) is 11.4 Å². The first-order chi connectivity index (χ1) is 9.97. The predicted molar refractivity (Wildman–Crippen MR) is 73.1 cm³/mol. The Morgan fingerprint density at radius 1 is 1.24 bits per heavy atom. The molecule has 5 heteroatoms. The van der Waals surface area contributed by atoms with Crippen LogP contribution < -0.4 is 0 Å². The molecule has 3 rings (SSSR count). The summed E-state index contributed by atoms with van der Waals surface area (Å²) in [5, 5.41) is 9.12. The molecule has 1 aromatic carbocycles. The summed E-state index contributed by atoms with van der Waals surface area (Å²) in [5.41, 5.74) is 1.85. The molecule has 0 amide bonds. The van der Waals surface area contributed by atoms with E-state index in [2.05, 4.69) is 4.98 Å². The van der Waals surface area contributed by atoms with Gasteiger partial charge in [-0.05, 0) is 37.1 Å². The van der Waals surface area contributed by atoms with Crippen LogP contribution in [-0.4, -0.2) is 15.9 Å². The number of phenols is 1. The molecule has 0 saturated heterocycles. The lowest BCUT2D eigenvalue weighted by molar-refractivity contribution is 0.0912. The quantitative estimate of drug-likeness (QED) is 0.874. The minimum Gasteiger partial charge on any atom is -0.503 e. The van der Waals surface area contributed by atoms with Gasteiger partial charge in [0.1, 0.15) is 0 Å². The maximum Gasteiger partial charge on any atom is 0.187 e. The highest BCUT2D eigenvalue weighted by molar-refractivity contribution is 5.99. The van der Waals surface area contributed by atoms with Crippen molar-refractivity contribution >= 4 is 5.78 Å². The largest absolute Gasteiger partial charge is 0.503 e. The number of Topliss-reactive ketones (excluding diaryl/α,β-unsaturated/α-hetero) is 1. The number of pyridine rings is 1. The van der Waals surface area contributed by atoms with Gasteiger partial charge in [0.25, 0.3) is 0 Å². The van der Waals surface area contributed by atoms with E-state index in [1.807, 2.05) is 6.92 Å². The van der Waals surface area contributed by atoms with E-state index >= 15 is 0 Å². The van der Waals surface area contributed by atoms with Gasteiger partial charge < -0.3 is 5.11 Å². The molecule has 0 radical (unpaired) electrons. The standard InChI is InChI=1S/C16H13F2NO2/c1-8-2-4-14-10(15(8)20)3-5-13(19-14)9-6-11(17)16(21)12(18)7-9/h3,5-8,21H,2,4H2,1H3. The SMILES string of the molecule is CC1CCc2nc(-c3cc(F)c(O)c(F)c3)ccc2C1=O.